The van der Waals surface area contributed by atoms with E-state index in [9.17, 15) is 9.59 Å². The minimum Gasteiger partial charge on any atom is -0.320 e. The molecule has 0 aliphatic heterocycles. The first-order chi connectivity index (χ1) is 12.2. The van der Waals surface area contributed by atoms with E-state index in [4.69, 9.17) is 0 Å². The SMILES string of the molecule is O=C(Nc1cccnc1)c1cnc2scc(-c3ccccc3)n2c1=O. The first kappa shape index (κ1) is 15.2. The number of hydrogen-bond acceptors (Lipinski definition) is 5. The van der Waals surface area contributed by atoms with E-state index in [-0.39, 0.29) is 5.56 Å². The van der Waals surface area contributed by atoms with Gasteiger partial charge in [0.05, 0.1) is 17.6 Å². The summed E-state index contributed by atoms with van der Waals surface area (Å²) in [4.78, 5) is 34.1. The Morgan fingerprint density at radius 3 is 2.68 bits per heavy atom. The molecule has 6 nitrogen and oxygen atoms in total. The van der Waals surface area contributed by atoms with Gasteiger partial charge >= 0.3 is 0 Å². The highest BCUT2D eigenvalue weighted by Gasteiger charge is 2.17. The minimum absolute atomic E-state index is 0.0167. The molecule has 0 bridgehead atoms. The molecular formula is C18H12N4O2S. The van der Waals surface area contributed by atoms with Gasteiger partial charge in [0.1, 0.15) is 5.56 Å². The largest absolute Gasteiger partial charge is 0.320 e. The van der Waals surface area contributed by atoms with E-state index in [0.29, 0.717) is 16.3 Å². The molecule has 0 aliphatic carbocycles. The van der Waals surface area contributed by atoms with Gasteiger partial charge in [0.2, 0.25) is 0 Å². The van der Waals surface area contributed by atoms with Crippen molar-refractivity contribution in [3.63, 3.8) is 0 Å². The molecule has 1 N–H and O–H groups in total. The molecule has 1 amide bonds. The van der Waals surface area contributed by atoms with Crippen LogP contribution in [0, 0.1) is 0 Å². The zero-order valence-corrected chi connectivity index (χ0v) is 13.7. The summed E-state index contributed by atoms with van der Waals surface area (Å²) < 4.78 is 1.47. The first-order valence-electron chi connectivity index (χ1n) is 7.50. The molecule has 3 aromatic heterocycles. The summed E-state index contributed by atoms with van der Waals surface area (Å²) in [5.74, 6) is -0.509. The topological polar surface area (TPSA) is 76.4 Å². The van der Waals surface area contributed by atoms with Crippen LogP contribution in [0.5, 0.6) is 0 Å². The van der Waals surface area contributed by atoms with Crippen LogP contribution >= 0.6 is 11.3 Å². The molecule has 0 saturated carbocycles. The Bertz CT molecular complexity index is 1100. The number of nitrogens with one attached hydrogen (secondary N) is 1. The minimum atomic E-state index is -0.509. The Morgan fingerprint density at radius 1 is 1.08 bits per heavy atom. The summed E-state index contributed by atoms with van der Waals surface area (Å²) in [6.07, 6.45) is 4.44. The summed E-state index contributed by atoms with van der Waals surface area (Å²) in [5.41, 5.74) is 1.71. The smallest absolute Gasteiger partial charge is 0.271 e. The second kappa shape index (κ2) is 6.29. The van der Waals surface area contributed by atoms with Crippen LogP contribution in [0.15, 0.2) is 71.2 Å². The summed E-state index contributed by atoms with van der Waals surface area (Å²) in [6.45, 7) is 0. The molecule has 3 heterocycles. The molecular weight excluding hydrogens is 336 g/mol. The van der Waals surface area contributed by atoms with Gasteiger partial charge in [-0.2, -0.15) is 0 Å². The number of rotatable bonds is 3. The van der Waals surface area contributed by atoms with E-state index in [1.54, 1.807) is 18.3 Å². The van der Waals surface area contributed by atoms with Crippen LogP contribution in [0.25, 0.3) is 16.2 Å². The normalized spacial score (nSPS) is 10.7. The van der Waals surface area contributed by atoms with Crippen molar-refractivity contribution in [2.75, 3.05) is 5.32 Å². The van der Waals surface area contributed by atoms with E-state index in [0.717, 1.165) is 5.56 Å². The Balaban J connectivity index is 1.80. The van der Waals surface area contributed by atoms with E-state index < -0.39 is 11.5 Å². The van der Waals surface area contributed by atoms with E-state index in [2.05, 4.69) is 15.3 Å². The Kier molecular flexibility index (Phi) is 3.83. The number of fused-ring (bicyclic) bond motifs is 1. The maximum atomic E-state index is 12.9. The fourth-order valence-corrected chi connectivity index (χ4v) is 3.35. The predicted octanol–water partition coefficient (Wildman–Crippen LogP) is 3.07. The molecule has 4 aromatic rings. The second-order valence-corrected chi connectivity index (χ2v) is 6.11. The molecule has 4 rings (SSSR count). The van der Waals surface area contributed by atoms with Crippen LogP contribution in [-0.2, 0) is 0 Å². The molecule has 0 aliphatic rings. The third-order valence-electron chi connectivity index (χ3n) is 3.68. The lowest BCUT2D eigenvalue weighted by Gasteiger charge is -2.05. The highest BCUT2D eigenvalue weighted by Crippen LogP contribution is 2.23. The third kappa shape index (κ3) is 2.81. The van der Waals surface area contributed by atoms with E-state index in [1.807, 2.05) is 35.7 Å². The molecule has 25 heavy (non-hydrogen) atoms. The number of aromatic nitrogens is 3. The average Bonchev–Trinajstić information content (AvgIpc) is 3.08. The number of nitrogens with zero attached hydrogens (tertiary/aromatic N) is 3. The standard InChI is InChI=1S/C18H12N4O2S/c23-16(21-13-7-4-8-19-9-13)14-10-20-18-22(17(14)24)15(11-25-18)12-5-2-1-3-6-12/h1-11H,(H,21,23). The number of pyridine rings is 1. The van der Waals surface area contributed by atoms with Crippen molar-refractivity contribution in [1.82, 2.24) is 14.4 Å². The highest BCUT2D eigenvalue weighted by molar-refractivity contribution is 7.15. The third-order valence-corrected chi connectivity index (χ3v) is 4.52. The molecule has 122 valence electrons. The van der Waals surface area contributed by atoms with Crippen molar-refractivity contribution in [1.29, 1.82) is 0 Å². The van der Waals surface area contributed by atoms with Gasteiger partial charge in [0.25, 0.3) is 11.5 Å². The lowest BCUT2D eigenvalue weighted by atomic mass is 10.2. The maximum absolute atomic E-state index is 12.9. The van der Waals surface area contributed by atoms with Crippen molar-refractivity contribution in [2.24, 2.45) is 0 Å². The van der Waals surface area contributed by atoms with Gasteiger partial charge in [-0.15, -0.1) is 11.3 Å². The number of anilines is 1. The lowest BCUT2D eigenvalue weighted by molar-refractivity contribution is 0.102. The van der Waals surface area contributed by atoms with Crippen molar-refractivity contribution < 1.29 is 4.79 Å². The zero-order chi connectivity index (χ0) is 17.2. The van der Waals surface area contributed by atoms with Crippen LogP contribution in [-0.4, -0.2) is 20.3 Å². The molecule has 0 radical (unpaired) electrons. The van der Waals surface area contributed by atoms with Crippen LogP contribution < -0.4 is 10.9 Å². The maximum Gasteiger partial charge on any atom is 0.271 e. The molecule has 0 fully saturated rings. The van der Waals surface area contributed by atoms with Gasteiger partial charge in [0, 0.05) is 17.8 Å². The first-order valence-corrected chi connectivity index (χ1v) is 8.38. The van der Waals surface area contributed by atoms with Crippen LogP contribution in [0.1, 0.15) is 10.4 Å². The van der Waals surface area contributed by atoms with E-state index in [1.165, 1.54) is 28.1 Å². The Labute approximate surface area is 146 Å². The number of thiazole rings is 1. The quantitative estimate of drug-likeness (QED) is 0.617. The molecule has 0 saturated heterocycles. The van der Waals surface area contributed by atoms with Crippen LogP contribution in [0.2, 0.25) is 0 Å². The summed E-state index contributed by atoms with van der Waals surface area (Å²) in [6, 6.07) is 12.9. The van der Waals surface area contributed by atoms with Crippen molar-refractivity contribution >= 4 is 27.9 Å². The fourth-order valence-electron chi connectivity index (χ4n) is 2.49. The van der Waals surface area contributed by atoms with Crippen molar-refractivity contribution in [3.05, 3.63) is 82.4 Å². The second-order valence-electron chi connectivity index (χ2n) is 5.28. The predicted molar refractivity (Wildman–Crippen MR) is 97.0 cm³/mol. The van der Waals surface area contributed by atoms with Gasteiger partial charge in [-0.3, -0.25) is 19.0 Å². The average molecular weight is 348 g/mol. The Morgan fingerprint density at radius 2 is 1.92 bits per heavy atom. The number of carbonyl (C=O) groups is 1. The summed E-state index contributed by atoms with van der Waals surface area (Å²) >= 11 is 1.36. The summed E-state index contributed by atoms with van der Waals surface area (Å²) in [7, 11) is 0. The molecule has 7 heteroatoms. The number of amides is 1. The van der Waals surface area contributed by atoms with Crippen molar-refractivity contribution in [2.45, 2.75) is 0 Å². The number of benzene rings is 1. The Hall–Kier alpha value is -3.32. The fraction of sp³-hybridized carbons (Fsp3) is 0. The van der Waals surface area contributed by atoms with Gasteiger partial charge < -0.3 is 5.32 Å². The lowest BCUT2D eigenvalue weighted by Crippen LogP contribution is -2.26. The monoisotopic (exact) mass is 348 g/mol. The van der Waals surface area contributed by atoms with Crippen LogP contribution in [0.4, 0.5) is 5.69 Å². The number of hydrogen-bond donors (Lipinski definition) is 1. The van der Waals surface area contributed by atoms with Gasteiger partial charge in [-0.1, -0.05) is 30.3 Å². The number of carbonyl (C=O) groups excluding carboxylic acids is 1. The molecule has 0 atom stereocenters. The molecule has 0 unspecified atom stereocenters. The zero-order valence-electron chi connectivity index (χ0n) is 12.9. The van der Waals surface area contributed by atoms with Crippen LogP contribution in [0.3, 0.4) is 0 Å². The molecule has 0 spiro atoms. The van der Waals surface area contributed by atoms with E-state index >= 15 is 0 Å². The van der Waals surface area contributed by atoms with Gasteiger partial charge in [-0.05, 0) is 17.7 Å². The molecule has 1 aromatic carbocycles. The summed E-state index contributed by atoms with van der Waals surface area (Å²) in [5, 5.41) is 4.53. The van der Waals surface area contributed by atoms with Gasteiger partial charge in [-0.25, -0.2) is 4.98 Å². The van der Waals surface area contributed by atoms with Gasteiger partial charge in [0.15, 0.2) is 4.96 Å². The van der Waals surface area contributed by atoms with Crippen molar-refractivity contribution in [3.8, 4) is 11.3 Å². The highest BCUT2D eigenvalue weighted by atomic mass is 32.1.